The molecule has 2 amide bonds. The molecule has 232 valence electrons. The molecule has 1 N–H and O–H groups in total. The van der Waals surface area contributed by atoms with Crippen LogP contribution in [0.25, 0.3) is 0 Å². The minimum atomic E-state index is -4.21. The van der Waals surface area contributed by atoms with Crippen molar-refractivity contribution >= 4 is 39.1 Å². The van der Waals surface area contributed by atoms with Gasteiger partial charge in [-0.05, 0) is 92.9 Å². The molecular weight excluding hydrogens is 590 g/mol. The zero-order valence-electron chi connectivity index (χ0n) is 25.2. The van der Waals surface area contributed by atoms with Gasteiger partial charge in [0.25, 0.3) is 10.0 Å². The van der Waals surface area contributed by atoms with E-state index in [2.05, 4.69) is 5.32 Å². The van der Waals surface area contributed by atoms with Crippen LogP contribution < -0.4 is 19.1 Å². The average Bonchev–Trinajstić information content (AvgIpc) is 3.00. The number of anilines is 1. The van der Waals surface area contributed by atoms with Gasteiger partial charge in [0.2, 0.25) is 11.8 Å². The van der Waals surface area contributed by atoms with Crippen LogP contribution in [0.1, 0.15) is 46.1 Å². The Morgan fingerprint density at radius 2 is 1.49 bits per heavy atom. The molecule has 0 bridgehead atoms. The molecule has 0 radical (unpaired) electrons. The van der Waals surface area contributed by atoms with Crippen molar-refractivity contribution < 1.29 is 27.5 Å². The lowest BCUT2D eigenvalue weighted by atomic mass is 10.1. The fourth-order valence-electron chi connectivity index (χ4n) is 4.43. The number of ether oxygens (including phenoxy) is 2. The highest BCUT2D eigenvalue weighted by atomic mass is 35.5. The van der Waals surface area contributed by atoms with E-state index < -0.39 is 28.5 Å². The van der Waals surface area contributed by atoms with Gasteiger partial charge in [-0.3, -0.25) is 13.9 Å². The number of carbonyl (C=O) groups excluding carboxylic acids is 2. The fraction of sp³-hybridized carbons (Fsp3) is 0.375. The summed E-state index contributed by atoms with van der Waals surface area (Å²) in [5, 5.41) is 3.35. The van der Waals surface area contributed by atoms with E-state index in [0.29, 0.717) is 29.5 Å². The topological polar surface area (TPSA) is 105 Å². The van der Waals surface area contributed by atoms with E-state index in [4.69, 9.17) is 21.1 Å². The van der Waals surface area contributed by atoms with Gasteiger partial charge in [-0.1, -0.05) is 37.6 Å². The molecule has 0 aliphatic heterocycles. The number of hydrogen-bond donors (Lipinski definition) is 1. The Hall–Kier alpha value is -3.76. The number of nitrogens with one attached hydrogen (secondary N) is 1. The zero-order valence-corrected chi connectivity index (χ0v) is 26.8. The number of amides is 2. The lowest BCUT2D eigenvalue weighted by Gasteiger charge is -2.33. The second kappa shape index (κ2) is 15.6. The van der Waals surface area contributed by atoms with Crippen molar-refractivity contribution in [2.45, 2.75) is 64.1 Å². The number of methoxy groups -OCH3 is 1. The third-order valence-electron chi connectivity index (χ3n) is 7.02. The Bertz CT molecular complexity index is 1450. The second-order valence-electron chi connectivity index (χ2n) is 10.0. The maximum atomic E-state index is 14.2. The summed E-state index contributed by atoms with van der Waals surface area (Å²) in [6.07, 6.45) is 1.05. The number of halogens is 1. The molecule has 0 aliphatic rings. The first-order chi connectivity index (χ1) is 20.5. The van der Waals surface area contributed by atoms with Crippen LogP contribution >= 0.6 is 11.6 Å². The van der Waals surface area contributed by atoms with Crippen LogP contribution in [0, 0.1) is 0 Å². The minimum absolute atomic E-state index is 0.0261. The van der Waals surface area contributed by atoms with Crippen LogP contribution in [0.2, 0.25) is 5.02 Å². The van der Waals surface area contributed by atoms with E-state index >= 15 is 0 Å². The molecule has 3 aromatic carbocycles. The van der Waals surface area contributed by atoms with Gasteiger partial charge >= 0.3 is 0 Å². The normalized spacial score (nSPS) is 12.6. The standard InChI is InChI=1S/C32H40ClN3O6S/c1-6-23(4)34-32(38)30(7-2)35(21-24-9-15-27(41-5)16-10-24)31(37)22-36(26-13-17-28(18-14-26)42-8-3)43(39,40)29-19-11-25(33)12-20-29/h9-20,23,30H,6-8,21-22H2,1-5H3,(H,34,38)/t23-,30+/m0/s1. The van der Waals surface area contributed by atoms with E-state index in [1.54, 1.807) is 43.5 Å². The third-order valence-corrected chi connectivity index (χ3v) is 9.06. The number of hydrogen-bond acceptors (Lipinski definition) is 6. The smallest absolute Gasteiger partial charge is 0.264 e. The number of nitrogens with zero attached hydrogens (tertiary/aromatic N) is 2. The molecule has 3 aromatic rings. The van der Waals surface area contributed by atoms with E-state index in [0.717, 1.165) is 16.3 Å². The van der Waals surface area contributed by atoms with Crippen LogP contribution in [0.15, 0.2) is 77.7 Å². The molecule has 0 spiro atoms. The maximum absolute atomic E-state index is 14.2. The average molecular weight is 630 g/mol. The summed E-state index contributed by atoms with van der Waals surface area (Å²) in [5.74, 6) is 0.384. The molecular formula is C32H40ClN3O6S. The Labute approximate surface area is 259 Å². The third kappa shape index (κ3) is 8.87. The van der Waals surface area contributed by atoms with Crippen LogP contribution in [-0.4, -0.2) is 57.5 Å². The highest BCUT2D eigenvalue weighted by Crippen LogP contribution is 2.28. The maximum Gasteiger partial charge on any atom is 0.264 e. The van der Waals surface area contributed by atoms with Crippen molar-refractivity contribution in [2.24, 2.45) is 0 Å². The predicted octanol–water partition coefficient (Wildman–Crippen LogP) is 5.66. The molecule has 0 saturated carbocycles. The molecule has 43 heavy (non-hydrogen) atoms. The van der Waals surface area contributed by atoms with Crippen LogP contribution in [0.3, 0.4) is 0 Å². The summed E-state index contributed by atoms with van der Waals surface area (Å²) < 4.78 is 39.8. The van der Waals surface area contributed by atoms with Crippen LogP contribution in [-0.2, 0) is 26.2 Å². The minimum Gasteiger partial charge on any atom is -0.497 e. The number of rotatable bonds is 15. The highest BCUT2D eigenvalue weighted by molar-refractivity contribution is 7.92. The van der Waals surface area contributed by atoms with E-state index in [1.807, 2.05) is 39.8 Å². The summed E-state index contributed by atoms with van der Waals surface area (Å²) in [4.78, 5) is 29.0. The van der Waals surface area contributed by atoms with E-state index in [1.165, 1.54) is 29.2 Å². The Balaban J connectivity index is 2.06. The molecule has 0 heterocycles. The lowest BCUT2D eigenvalue weighted by molar-refractivity contribution is -0.140. The monoisotopic (exact) mass is 629 g/mol. The van der Waals surface area contributed by atoms with Gasteiger partial charge in [-0.25, -0.2) is 8.42 Å². The molecule has 0 saturated heterocycles. The first-order valence-corrected chi connectivity index (χ1v) is 16.1. The molecule has 0 aromatic heterocycles. The fourth-order valence-corrected chi connectivity index (χ4v) is 5.97. The van der Waals surface area contributed by atoms with Gasteiger partial charge < -0.3 is 19.7 Å². The van der Waals surface area contributed by atoms with Crippen molar-refractivity contribution in [1.29, 1.82) is 0 Å². The van der Waals surface area contributed by atoms with Gasteiger partial charge in [0, 0.05) is 17.6 Å². The van der Waals surface area contributed by atoms with Crippen molar-refractivity contribution in [2.75, 3.05) is 24.6 Å². The molecule has 0 unspecified atom stereocenters. The quantitative estimate of drug-likeness (QED) is 0.232. The molecule has 9 nitrogen and oxygen atoms in total. The highest BCUT2D eigenvalue weighted by Gasteiger charge is 2.34. The molecule has 11 heteroatoms. The summed E-state index contributed by atoms with van der Waals surface area (Å²) in [5.41, 5.74) is 1.03. The van der Waals surface area contributed by atoms with Gasteiger partial charge in [-0.2, -0.15) is 0 Å². The predicted molar refractivity (Wildman–Crippen MR) is 169 cm³/mol. The summed E-state index contributed by atoms with van der Waals surface area (Å²) >= 11 is 6.03. The molecule has 0 fully saturated rings. The molecule has 3 rings (SSSR count). The Kier molecular flexibility index (Phi) is 12.3. The van der Waals surface area contributed by atoms with Gasteiger partial charge in [0.15, 0.2) is 0 Å². The Morgan fingerprint density at radius 1 is 0.884 bits per heavy atom. The van der Waals surface area contributed by atoms with Crippen molar-refractivity contribution in [3.8, 4) is 11.5 Å². The van der Waals surface area contributed by atoms with Crippen LogP contribution in [0.4, 0.5) is 5.69 Å². The van der Waals surface area contributed by atoms with Crippen LogP contribution in [0.5, 0.6) is 11.5 Å². The lowest BCUT2D eigenvalue weighted by Crippen LogP contribution is -2.53. The summed E-state index contributed by atoms with van der Waals surface area (Å²) in [7, 11) is -2.65. The van der Waals surface area contributed by atoms with Crippen molar-refractivity contribution in [1.82, 2.24) is 10.2 Å². The number of sulfonamides is 1. The summed E-state index contributed by atoms with van der Waals surface area (Å²) in [6.45, 7) is 7.53. The molecule has 2 atom stereocenters. The van der Waals surface area contributed by atoms with Gasteiger partial charge in [0.05, 0.1) is 24.3 Å². The Morgan fingerprint density at radius 3 is 2.02 bits per heavy atom. The first kappa shape index (κ1) is 33.7. The SMILES string of the molecule is CCOc1ccc(N(CC(=O)N(Cc2ccc(OC)cc2)[C@H](CC)C(=O)N[C@@H](C)CC)S(=O)(=O)c2ccc(Cl)cc2)cc1. The number of benzene rings is 3. The van der Waals surface area contributed by atoms with E-state index in [9.17, 15) is 18.0 Å². The molecule has 0 aliphatic carbocycles. The number of carbonyl (C=O) groups is 2. The van der Waals surface area contributed by atoms with Crippen molar-refractivity contribution in [3.63, 3.8) is 0 Å². The zero-order chi connectivity index (χ0) is 31.6. The van der Waals surface area contributed by atoms with Crippen molar-refractivity contribution in [3.05, 3.63) is 83.4 Å². The van der Waals surface area contributed by atoms with Gasteiger partial charge in [-0.15, -0.1) is 0 Å². The largest absolute Gasteiger partial charge is 0.497 e. The first-order valence-electron chi connectivity index (χ1n) is 14.3. The summed E-state index contributed by atoms with van der Waals surface area (Å²) in [6, 6.07) is 18.5. The van der Waals surface area contributed by atoms with Gasteiger partial charge in [0.1, 0.15) is 24.1 Å². The second-order valence-corrected chi connectivity index (χ2v) is 12.3. The van der Waals surface area contributed by atoms with E-state index in [-0.39, 0.29) is 29.1 Å².